The second kappa shape index (κ2) is 6.50. The molecule has 0 bridgehead atoms. The first-order valence-corrected chi connectivity index (χ1v) is 6.85. The first-order valence-electron chi connectivity index (χ1n) is 6.47. The molecule has 0 saturated carbocycles. The smallest absolute Gasteiger partial charge is 0.170 e. The van der Waals surface area contributed by atoms with Crippen LogP contribution in [0, 0.1) is 13.8 Å². The van der Waals surface area contributed by atoms with E-state index in [1.165, 1.54) is 0 Å². The SMILES string of the molecule is Cc1cc(C)cc(OCc2ccc(/C(N)=N/O)cc2Cl)c1. The molecule has 110 valence electrons. The van der Waals surface area contributed by atoms with Crippen molar-refractivity contribution in [3.05, 3.63) is 63.7 Å². The summed E-state index contributed by atoms with van der Waals surface area (Å²) in [6, 6.07) is 11.2. The number of nitrogens with two attached hydrogens (primary N) is 1. The summed E-state index contributed by atoms with van der Waals surface area (Å²) in [5, 5.41) is 12.1. The summed E-state index contributed by atoms with van der Waals surface area (Å²) >= 11 is 6.19. The Kier molecular flexibility index (Phi) is 4.70. The summed E-state index contributed by atoms with van der Waals surface area (Å²) in [4.78, 5) is 0. The second-order valence-electron chi connectivity index (χ2n) is 4.90. The summed E-state index contributed by atoms with van der Waals surface area (Å²) in [5.41, 5.74) is 9.23. The normalized spacial score (nSPS) is 11.5. The van der Waals surface area contributed by atoms with E-state index in [0.717, 1.165) is 22.4 Å². The van der Waals surface area contributed by atoms with E-state index in [0.29, 0.717) is 17.2 Å². The number of aryl methyl sites for hydroxylation is 2. The number of benzene rings is 2. The topological polar surface area (TPSA) is 67.8 Å². The molecule has 2 aromatic rings. The quantitative estimate of drug-likeness (QED) is 0.392. The lowest BCUT2D eigenvalue weighted by atomic mass is 10.1. The third-order valence-electron chi connectivity index (χ3n) is 3.05. The molecule has 0 radical (unpaired) electrons. The molecular formula is C16H17ClN2O2. The van der Waals surface area contributed by atoms with Gasteiger partial charge in [-0.25, -0.2) is 0 Å². The van der Waals surface area contributed by atoms with Crippen molar-refractivity contribution in [3.63, 3.8) is 0 Å². The van der Waals surface area contributed by atoms with Crippen molar-refractivity contribution in [3.8, 4) is 5.75 Å². The van der Waals surface area contributed by atoms with E-state index >= 15 is 0 Å². The Morgan fingerprint density at radius 1 is 1.19 bits per heavy atom. The van der Waals surface area contributed by atoms with Gasteiger partial charge in [-0.15, -0.1) is 0 Å². The van der Waals surface area contributed by atoms with Crippen LogP contribution in [0.4, 0.5) is 0 Å². The molecule has 3 N–H and O–H groups in total. The van der Waals surface area contributed by atoms with Gasteiger partial charge in [0.25, 0.3) is 0 Å². The van der Waals surface area contributed by atoms with Gasteiger partial charge in [0.2, 0.25) is 0 Å². The maximum absolute atomic E-state index is 8.65. The zero-order chi connectivity index (χ0) is 15.4. The molecule has 0 spiro atoms. The fourth-order valence-electron chi connectivity index (χ4n) is 2.06. The van der Waals surface area contributed by atoms with Crippen LogP contribution >= 0.6 is 11.6 Å². The predicted octanol–water partition coefficient (Wildman–Crippen LogP) is 3.63. The monoisotopic (exact) mass is 304 g/mol. The first kappa shape index (κ1) is 15.2. The summed E-state index contributed by atoms with van der Waals surface area (Å²) in [6.07, 6.45) is 0. The van der Waals surface area contributed by atoms with Gasteiger partial charge in [-0.2, -0.15) is 0 Å². The number of rotatable bonds is 4. The van der Waals surface area contributed by atoms with Crippen LogP contribution in [0.2, 0.25) is 5.02 Å². The molecule has 0 unspecified atom stereocenters. The minimum Gasteiger partial charge on any atom is -0.489 e. The minimum atomic E-state index is 0.0266. The number of hydrogen-bond acceptors (Lipinski definition) is 3. The van der Waals surface area contributed by atoms with Gasteiger partial charge in [0.15, 0.2) is 5.84 Å². The summed E-state index contributed by atoms with van der Waals surface area (Å²) in [6.45, 7) is 4.41. The van der Waals surface area contributed by atoms with E-state index in [1.54, 1.807) is 18.2 Å². The Balaban J connectivity index is 2.13. The molecule has 0 aliphatic rings. The number of amidine groups is 1. The van der Waals surface area contributed by atoms with Crippen molar-refractivity contribution >= 4 is 17.4 Å². The Morgan fingerprint density at radius 2 is 1.86 bits per heavy atom. The lowest BCUT2D eigenvalue weighted by molar-refractivity contribution is 0.306. The zero-order valence-corrected chi connectivity index (χ0v) is 12.7. The van der Waals surface area contributed by atoms with Crippen LogP contribution in [0.3, 0.4) is 0 Å². The first-order chi connectivity index (χ1) is 9.99. The second-order valence-corrected chi connectivity index (χ2v) is 5.31. The summed E-state index contributed by atoms with van der Waals surface area (Å²) in [7, 11) is 0. The Morgan fingerprint density at radius 3 is 2.43 bits per heavy atom. The molecule has 5 heteroatoms. The van der Waals surface area contributed by atoms with Crippen molar-refractivity contribution in [2.75, 3.05) is 0 Å². The Bertz CT molecular complexity index is 664. The number of oxime groups is 1. The van der Waals surface area contributed by atoms with Gasteiger partial charge in [0.05, 0.1) is 0 Å². The Hall–Kier alpha value is -2.20. The molecule has 4 nitrogen and oxygen atoms in total. The van der Waals surface area contributed by atoms with E-state index in [1.807, 2.05) is 26.0 Å². The van der Waals surface area contributed by atoms with Gasteiger partial charge in [-0.05, 0) is 43.2 Å². The molecule has 2 rings (SSSR count). The summed E-state index contributed by atoms with van der Waals surface area (Å²) < 4.78 is 5.77. The number of halogens is 1. The van der Waals surface area contributed by atoms with Gasteiger partial charge in [0, 0.05) is 16.1 Å². The van der Waals surface area contributed by atoms with E-state index in [4.69, 9.17) is 27.3 Å². The molecule has 0 fully saturated rings. The van der Waals surface area contributed by atoms with Crippen LogP contribution in [-0.2, 0) is 6.61 Å². The number of ether oxygens (including phenoxy) is 1. The van der Waals surface area contributed by atoms with Crippen LogP contribution in [0.15, 0.2) is 41.6 Å². The maximum atomic E-state index is 8.65. The molecule has 0 aliphatic heterocycles. The molecule has 0 amide bonds. The van der Waals surface area contributed by atoms with E-state index in [9.17, 15) is 0 Å². The molecule has 2 aromatic carbocycles. The molecular weight excluding hydrogens is 288 g/mol. The van der Waals surface area contributed by atoms with Crippen LogP contribution in [-0.4, -0.2) is 11.0 Å². The van der Waals surface area contributed by atoms with Crippen molar-refractivity contribution < 1.29 is 9.94 Å². The van der Waals surface area contributed by atoms with Gasteiger partial charge < -0.3 is 15.7 Å². The van der Waals surface area contributed by atoms with E-state index in [2.05, 4.69) is 11.2 Å². The van der Waals surface area contributed by atoms with E-state index in [-0.39, 0.29) is 5.84 Å². The fraction of sp³-hybridized carbons (Fsp3) is 0.188. The Labute approximate surface area is 128 Å². The maximum Gasteiger partial charge on any atom is 0.170 e. The average Bonchev–Trinajstić information content (AvgIpc) is 2.44. The van der Waals surface area contributed by atoms with E-state index < -0.39 is 0 Å². The van der Waals surface area contributed by atoms with Gasteiger partial charge >= 0.3 is 0 Å². The standard InChI is InChI=1S/C16H17ClN2O2/c1-10-5-11(2)7-14(6-10)21-9-13-4-3-12(8-15(13)17)16(18)19-20/h3-8,20H,9H2,1-2H3,(H2,18,19). The van der Waals surface area contributed by atoms with Gasteiger partial charge in [-0.1, -0.05) is 35.0 Å². The minimum absolute atomic E-state index is 0.0266. The zero-order valence-electron chi connectivity index (χ0n) is 11.9. The average molecular weight is 305 g/mol. The lowest BCUT2D eigenvalue weighted by Gasteiger charge is -2.10. The highest BCUT2D eigenvalue weighted by molar-refractivity contribution is 6.31. The van der Waals surface area contributed by atoms with Crippen molar-refractivity contribution in [1.82, 2.24) is 0 Å². The highest BCUT2D eigenvalue weighted by atomic mass is 35.5. The van der Waals surface area contributed by atoms with Crippen LogP contribution in [0.5, 0.6) is 5.75 Å². The van der Waals surface area contributed by atoms with Crippen LogP contribution < -0.4 is 10.5 Å². The molecule has 0 saturated heterocycles. The molecule has 0 aromatic heterocycles. The highest BCUT2D eigenvalue weighted by Crippen LogP contribution is 2.22. The predicted molar refractivity (Wildman–Crippen MR) is 84.2 cm³/mol. The summed E-state index contributed by atoms with van der Waals surface area (Å²) in [5.74, 6) is 0.836. The lowest BCUT2D eigenvalue weighted by Crippen LogP contribution is -2.13. The van der Waals surface area contributed by atoms with Gasteiger partial charge in [-0.3, -0.25) is 0 Å². The number of nitrogens with zero attached hydrogens (tertiary/aromatic N) is 1. The molecule has 21 heavy (non-hydrogen) atoms. The number of hydrogen-bond donors (Lipinski definition) is 2. The van der Waals surface area contributed by atoms with Crippen molar-refractivity contribution in [2.24, 2.45) is 10.9 Å². The third kappa shape index (κ3) is 3.89. The largest absolute Gasteiger partial charge is 0.489 e. The van der Waals surface area contributed by atoms with Crippen molar-refractivity contribution in [1.29, 1.82) is 0 Å². The van der Waals surface area contributed by atoms with Crippen molar-refractivity contribution in [2.45, 2.75) is 20.5 Å². The molecule has 0 atom stereocenters. The molecule has 0 aliphatic carbocycles. The van der Waals surface area contributed by atoms with Crippen LogP contribution in [0.1, 0.15) is 22.3 Å². The van der Waals surface area contributed by atoms with Gasteiger partial charge in [0.1, 0.15) is 12.4 Å². The highest BCUT2D eigenvalue weighted by Gasteiger charge is 2.06. The third-order valence-corrected chi connectivity index (χ3v) is 3.40. The fourth-order valence-corrected chi connectivity index (χ4v) is 2.29. The molecule has 0 heterocycles. The van der Waals surface area contributed by atoms with Crippen LogP contribution in [0.25, 0.3) is 0 Å².